The molecule has 0 spiro atoms. The van der Waals surface area contributed by atoms with Crippen molar-refractivity contribution in [1.29, 1.82) is 5.26 Å². The molecule has 1 fully saturated rings. The number of nitriles is 1. The van der Waals surface area contributed by atoms with E-state index in [-0.39, 0.29) is 6.04 Å². The molecule has 9 heavy (non-hydrogen) atoms. The molecule has 1 aliphatic rings. The number of nitrogens with zero attached hydrogens (tertiary/aromatic N) is 1. The highest BCUT2D eigenvalue weighted by Gasteiger charge is 2.23. The van der Waals surface area contributed by atoms with Crippen LogP contribution in [0.2, 0.25) is 0 Å². The van der Waals surface area contributed by atoms with Crippen LogP contribution in [-0.4, -0.2) is 12.1 Å². The summed E-state index contributed by atoms with van der Waals surface area (Å²) < 4.78 is 0. The van der Waals surface area contributed by atoms with E-state index in [1.807, 2.05) is 6.92 Å². The van der Waals surface area contributed by atoms with Crippen LogP contribution in [0.15, 0.2) is 0 Å². The fourth-order valence-electron chi connectivity index (χ4n) is 0.781. The number of hydrogen-bond acceptors (Lipinski definition) is 2. The Morgan fingerprint density at radius 2 is 2.44 bits per heavy atom. The van der Waals surface area contributed by atoms with Gasteiger partial charge in [0.05, 0.1) is 12.1 Å². The third-order valence-electron chi connectivity index (χ3n) is 1.58. The summed E-state index contributed by atoms with van der Waals surface area (Å²) in [5, 5.41) is 11.7. The van der Waals surface area contributed by atoms with Crippen molar-refractivity contribution < 1.29 is 0 Å². The Labute approximate surface area is 55.9 Å². The van der Waals surface area contributed by atoms with Crippen molar-refractivity contribution in [2.45, 2.75) is 38.3 Å². The Bertz CT molecular complexity index is 121. The molecule has 1 aliphatic carbocycles. The molecule has 0 amide bonds. The molecule has 1 rings (SSSR count). The maximum Gasteiger partial charge on any atom is 0.0952 e. The van der Waals surface area contributed by atoms with Gasteiger partial charge in [-0.3, -0.25) is 5.32 Å². The molecule has 0 bridgehead atoms. The van der Waals surface area contributed by atoms with Crippen LogP contribution in [0.25, 0.3) is 0 Å². The van der Waals surface area contributed by atoms with Gasteiger partial charge in [-0.05, 0) is 19.3 Å². The average molecular weight is 124 g/mol. The van der Waals surface area contributed by atoms with Gasteiger partial charge in [0, 0.05) is 6.04 Å². The van der Waals surface area contributed by atoms with Crippen LogP contribution >= 0.6 is 0 Å². The molecule has 1 saturated carbocycles. The lowest BCUT2D eigenvalue weighted by molar-refractivity contribution is 0.584. The van der Waals surface area contributed by atoms with Crippen LogP contribution in [-0.2, 0) is 0 Å². The van der Waals surface area contributed by atoms with E-state index in [9.17, 15) is 0 Å². The van der Waals surface area contributed by atoms with E-state index in [1.54, 1.807) is 0 Å². The highest BCUT2D eigenvalue weighted by molar-refractivity contribution is 4.94. The first-order chi connectivity index (χ1) is 4.36. The highest BCUT2D eigenvalue weighted by Crippen LogP contribution is 2.19. The summed E-state index contributed by atoms with van der Waals surface area (Å²) in [7, 11) is 0. The Hall–Kier alpha value is -0.550. The molecule has 2 nitrogen and oxygen atoms in total. The van der Waals surface area contributed by atoms with Gasteiger partial charge in [0.1, 0.15) is 0 Å². The second-order valence-electron chi connectivity index (χ2n) is 2.53. The molecule has 50 valence electrons. The lowest BCUT2D eigenvalue weighted by atomic mass is 10.2. The zero-order chi connectivity index (χ0) is 6.69. The van der Waals surface area contributed by atoms with Crippen molar-refractivity contribution in [3.8, 4) is 6.07 Å². The first-order valence-corrected chi connectivity index (χ1v) is 3.52. The maximum atomic E-state index is 8.49. The van der Waals surface area contributed by atoms with Crippen LogP contribution in [0, 0.1) is 11.3 Å². The van der Waals surface area contributed by atoms with Crippen LogP contribution in [0.4, 0.5) is 0 Å². The summed E-state index contributed by atoms with van der Waals surface area (Å²) in [6, 6.07) is 2.97. The van der Waals surface area contributed by atoms with Crippen molar-refractivity contribution >= 4 is 0 Å². The fourth-order valence-corrected chi connectivity index (χ4v) is 0.781. The smallest absolute Gasteiger partial charge is 0.0952 e. The third kappa shape index (κ3) is 2.03. The largest absolute Gasteiger partial charge is 0.299 e. The summed E-state index contributed by atoms with van der Waals surface area (Å²) in [5.41, 5.74) is 0. The molecule has 0 aromatic carbocycles. The molecule has 1 unspecified atom stereocenters. The van der Waals surface area contributed by atoms with Crippen molar-refractivity contribution in [3.63, 3.8) is 0 Å². The van der Waals surface area contributed by atoms with E-state index in [0.717, 1.165) is 6.42 Å². The first-order valence-electron chi connectivity index (χ1n) is 3.52. The fraction of sp³-hybridized carbons (Fsp3) is 0.857. The van der Waals surface area contributed by atoms with Crippen LogP contribution in [0.1, 0.15) is 26.2 Å². The van der Waals surface area contributed by atoms with E-state index in [2.05, 4.69) is 11.4 Å². The zero-order valence-corrected chi connectivity index (χ0v) is 5.72. The van der Waals surface area contributed by atoms with Gasteiger partial charge in [0.2, 0.25) is 0 Å². The summed E-state index contributed by atoms with van der Waals surface area (Å²) in [6.07, 6.45) is 3.45. The van der Waals surface area contributed by atoms with Gasteiger partial charge in [0.25, 0.3) is 0 Å². The Kier molecular flexibility index (Phi) is 2.07. The summed E-state index contributed by atoms with van der Waals surface area (Å²) >= 11 is 0. The molecule has 1 N–H and O–H groups in total. The standard InChI is InChI=1S/C7H12N2/c1-2-6(5-8)9-7-3-4-7/h6-7,9H,2-4H2,1H3. The Morgan fingerprint density at radius 3 is 2.78 bits per heavy atom. The Morgan fingerprint density at radius 1 is 1.78 bits per heavy atom. The molecular weight excluding hydrogens is 112 g/mol. The molecule has 0 saturated heterocycles. The van der Waals surface area contributed by atoms with Gasteiger partial charge in [-0.1, -0.05) is 6.92 Å². The second-order valence-corrected chi connectivity index (χ2v) is 2.53. The van der Waals surface area contributed by atoms with Crippen LogP contribution < -0.4 is 5.32 Å². The lowest BCUT2D eigenvalue weighted by Gasteiger charge is -2.05. The van der Waals surface area contributed by atoms with Crippen molar-refractivity contribution in [2.75, 3.05) is 0 Å². The molecule has 0 radical (unpaired) electrons. The predicted octanol–water partition coefficient (Wildman–Crippen LogP) is 1.04. The Balaban J connectivity index is 2.14. The normalized spacial score (nSPS) is 20.9. The lowest BCUT2D eigenvalue weighted by Crippen LogP contribution is -2.28. The molecule has 0 aliphatic heterocycles. The van der Waals surface area contributed by atoms with Crippen LogP contribution in [0.5, 0.6) is 0 Å². The summed E-state index contributed by atoms with van der Waals surface area (Å²) in [6.45, 7) is 2.03. The van der Waals surface area contributed by atoms with E-state index in [0.29, 0.717) is 6.04 Å². The average Bonchev–Trinajstić information content (AvgIpc) is 2.66. The van der Waals surface area contributed by atoms with Gasteiger partial charge < -0.3 is 0 Å². The van der Waals surface area contributed by atoms with E-state index < -0.39 is 0 Å². The molecule has 2 heteroatoms. The van der Waals surface area contributed by atoms with Gasteiger partial charge in [-0.15, -0.1) is 0 Å². The summed E-state index contributed by atoms with van der Waals surface area (Å²) in [5.74, 6) is 0. The van der Waals surface area contributed by atoms with Crippen LogP contribution in [0.3, 0.4) is 0 Å². The maximum absolute atomic E-state index is 8.49. The molecular formula is C7H12N2. The quantitative estimate of drug-likeness (QED) is 0.610. The minimum Gasteiger partial charge on any atom is -0.299 e. The SMILES string of the molecule is CCC(C#N)NC1CC1. The third-order valence-corrected chi connectivity index (χ3v) is 1.58. The van der Waals surface area contributed by atoms with E-state index in [1.165, 1.54) is 12.8 Å². The van der Waals surface area contributed by atoms with Crippen molar-refractivity contribution in [1.82, 2.24) is 5.32 Å². The molecule has 1 atom stereocenters. The van der Waals surface area contributed by atoms with Gasteiger partial charge in [-0.2, -0.15) is 5.26 Å². The van der Waals surface area contributed by atoms with E-state index in [4.69, 9.17) is 5.26 Å². The first kappa shape index (κ1) is 6.57. The highest BCUT2D eigenvalue weighted by atomic mass is 15.0. The molecule has 0 heterocycles. The van der Waals surface area contributed by atoms with E-state index >= 15 is 0 Å². The topological polar surface area (TPSA) is 35.8 Å². The number of rotatable bonds is 3. The molecule has 0 aromatic rings. The van der Waals surface area contributed by atoms with Crippen molar-refractivity contribution in [3.05, 3.63) is 0 Å². The minimum absolute atomic E-state index is 0.0949. The van der Waals surface area contributed by atoms with Gasteiger partial charge >= 0.3 is 0 Å². The summed E-state index contributed by atoms with van der Waals surface area (Å²) in [4.78, 5) is 0. The minimum atomic E-state index is 0.0949. The molecule has 0 aromatic heterocycles. The number of nitrogens with one attached hydrogen (secondary N) is 1. The van der Waals surface area contributed by atoms with Gasteiger partial charge in [0.15, 0.2) is 0 Å². The van der Waals surface area contributed by atoms with Crippen molar-refractivity contribution in [2.24, 2.45) is 0 Å². The second kappa shape index (κ2) is 2.84. The zero-order valence-electron chi connectivity index (χ0n) is 5.72. The monoisotopic (exact) mass is 124 g/mol. The predicted molar refractivity (Wildman–Crippen MR) is 35.8 cm³/mol. The van der Waals surface area contributed by atoms with Gasteiger partial charge in [-0.25, -0.2) is 0 Å². The number of hydrogen-bond donors (Lipinski definition) is 1.